The number of aliphatic imine (C=N–C) groups is 2. The largest absolute Gasteiger partial charge is 0.462 e. The van der Waals surface area contributed by atoms with Crippen molar-refractivity contribution in [3.63, 3.8) is 0 Å². The van der Waals surface area contributed by atoms with Gasteiger partial charge in [0.15, 0.2) is 18.2 Å². The van der Waals surface area contributed by atoms with Gasteiger partial charge in [-0.2, -0.15) is 0 Å². The number of carbonyl (C=O) groups is 2. The monoisotopic (exact) mass is 284 g/mol. The Morgan fingerprint density at radius 3 is 3.05 bits per heavy atom. The van der Waals surface area contributed by atoms with E-state index in [1.54, 1.807) is 4.90 Å². The number of carbonyl (C=O) groups excluding carboxylic acids is 2. The molecule has 0 bridgehead atoms. The third-order valence-electron chi connectivity index (χ3n) is 2.69. The van der Waals surface area contributed by atoms with E-state index in [0.29, 0.717) is 0 Å². The Morgan fingerprint density at radius 2 is 2.30 bits per heavy atom. The minimum atomic E-state index is -0.610. The molecule has 2 atom stereocenters. The molecule has 0 aromatic rings. The maximum Gasteiger partial charge on any atom is 0.319 e. The molecule has 2 heterocycles. The highest BCUT2D eigenvalue weighted by atomic mass is 16.6. The fraction of sp³-hybridized carbons (Fsp3) is 0.600. The number of ether oxygens (including phenoxy) is 2. The van der Waals surface area contributed by atoms with Gasteiger partial charge in [-0.25, -0.2) is 4.99 Å². The van der Waals surface area contributed by atoms with Gasteiger partial charge in [-0.15, -0.1) is 0 Å². The van der Waals surface area contributed by atoms with E-state index in [1.165, 1.54) is 6.34 Å². The van der Waals surface area contributed by atoms with E-state index in [1.807, 2.05) is 0 Å². The average molecular weight is 284 g/mol. The quantitative estimate of drug-likeness (QED) is 0.347. The van der Waals surface area contributed by atoms with E-state index >= 15 is 0 Å². The lowest BCUT2D eigenvalue weighted by atomic mass is 10.2. The molecule has 0 fully saturated rings. The number of nitrogens with one attached hydrogen (secondary N) is 1. The average Bonchev–Trinajstić information content (AvgIpc) is 2.81. The van der Waals surface area contributed by atoms with Gasteiger partial charge >= 0.3 is 5.97 Å². The Bertz CT molecular complexity index is 451. The van der Waals surface area contributed by atoms with Crippen molar-refractivity contribution >= 4 is 24.2 Å². The number of hydrogen-bond donors (Lipinski definition) is 3. The van der Waals surface area contributed by atoms with E-state index in [4.69, 9.17) is 20.9 Å². The van der Waals surface area contributed by atoms with Crippen LogP contribution >= 0.6 is 0 Å². The summed E-state index contributed by atoms with van der Waals surface area (Å²) in [5, 5.41) is 2.40. The first-order valence-corrected chi connectivity index (χ1v) is 5.98. The van der Waals surface area contributed by atoms with Gasteiger partial charge in [-0.3, -0.25) is 19.9 Å². The number of fused-ring (bicyclic) bond motifs is 1. The highest BCUT2D eigenvalue weighted by Gasteiger charge is 2.39. The maximum absolute atomic E-state index is 11.6. The molecule has 0 aliphatic carbocycles. The van der Waals surface area contributed by atoms with Crippen LogP contribution < -0.4 is 16.8 Å². The highest BCUT2D eigenvalue weighted by molar-refractivity contribution is 6.02. The van der Waals surface area contributed by atoms with E-state index in [9.17, 15) is 9.59 Å². The predicted molar refractivity (Wildman–Crippen MR) is 68.5 cm³/mol. The molecular weight excluding hydrogens is 268 g/mol. The molecule has 10 heteroatoms. The highest BCUT2D eigenvalue weighted by Crippen LogP contribution is 2.17. The number of rotatable bonds is 6. The predicted octanol–water partition coefficient (Wildman–Crippen LogP) is -3.05. The SMILES string of the molecule is NCC(=O)OCCOCN1C=NC2C(=O)NC(N)=NC21. The number of amides is 1. The number of nitrogens with zero attached hydrogens (tertiary/aromatic N) is 3. The van der Waals surface area contributed by atoms with Gasteiger partial charge in [0, 0.05) is 0 Å². The Hall–Kier alpha value is -2.20. The lowest BCUT2D eigenvalue weighted by molar-refractivity contribution is -0.144. The topological polar surface area (TPSA) is 145 Å². The van der Waals surface area contributed by atoms with Crippen molar-refractivity contribution in [1.29, 1.82) is 0 Å². The molecule has 20 heavy (non-hydrogen) atoms. The number of nitrogens with two attached hydrogens (primary N) is 2. The second-order valence-corrected chi connectivity index (χ2v) is 4.10. The van der Waals surface area contributed by atoms with Crippen molar-refractivity contribution in [2.45, 2.75) is 12.2 Å². The fourth-order valence-electron chi connectivity index (χ4n) is 1.76. The van der Waals surface area contributed by atoms with Crippen LogP contribution in [0.3, 0.4) is 0 Å². The molecule has 0 radical (unpaired) electrons. The van der Waals surface area contributed by atoms with Crippen LogP contribution in [0.25, 0.3) is 0 Å². The van der Waals surface area contributed by atoms with Crippen molar-refractivity contribution < 1.29 is 19.1 Å². The van der Waals surface area contributed by atoms with Crippen LogP contribution in [0.5, 0.6) is 0 Å². The van der Waals surface area contributed by atoms with Crippen LogP contribution in [0.4, 0.5) is 0 Å². The summed E-state index contributed by atoms with van der Waals surface area (Å²) in [6, 6.07) is -0.610. The molecule has 2 unspecified atom stereocenters. The standard InChI is InChI=1S/C10H16N6O4/c11-3-6(17)20-2-1-19-5-16-4-13-7-8(16)14-10(12)15-9(7)18/h4,7-8H,1-3,5,11H2,(H3,12,14,15,18). The summed E-state index contributed by atoms with van der Waals surface area (Å²) in [4.78, 5) is 32.2. The second-order valence-electron chi connectivity index (χ2n) is 4.10. The van der Waals surface area contributed by atoms with Crippen LogP contribution in [-0.4, -0.2) is 67.8 Å². The molecule has 10 nitrogen and oxygen atoms in total. The lowest BCUT2D eigenvalue weighted by Gasteiger charge is -2.27. The molecule has 110 valence electrons. The second kappa shape index (κ2) is 6.30. The molecule has 0 saturated heterocycles. The summed E-state index contributed by atoms with van der Waals surface area (Å²) in [6.45, 7) is 0.320. The molecule has 0 aromatic heterocycles. The van der Waals surface area contributed by atoms with E-state index in [0.717, 1.165) is 0 Å². The smallest absolute Gasteiger partial charge is 0.319 e. The summed E-state index contributed by atoms with van der Waals surface area (Å²) in [6.07, 6.45) is 0.999. The van der Waals surface area contributed by atoms with Crippen molar-refractivity contribution in [1.82, 2.24) is 10.2 Å². The van der Waals surface area contributed by atoms with Gasteiger partial charge in [0.2, 0.25) is 0 Å². The summed E-state index contributed by atoms with van der Waals surface area (Å²) in [5.41, 5.74) is 10.6. The van der Waals surface area contributed by atoms with Crippen LogP contribution in [0.15, 0.2) is 9.98 Å². The molecule has 0 spiro atoms. The molecule has 1 amide bonds. The van der Waals surface area contributed by atoms with Crippen molar-refractivity contribution in [2.75, 3.05) is 26.5 Å². The third-order valence-corrected chi connectivity index (χ3v) is 2.69. The first-order valence-electron chi connectivity index (χ1n) is 5.98. The van der Waals surface area contributed by atoms with Crippen molar-refractivity contribution in [3.05, 3.63) is 0 Å². The van der Waals surface area contributed by atoms with Gasteiger partial charge in [0.1, 0.15) is 13.3 Å². The molecule has 2 aliphatic rings. The van der Waals surface area contributed by atoms with E-state index in [-0.39, 0.29) is 38.4 Å². The van der Waals surface area contributed by atoms with Gasteiger partial charge in [-0.1, -0.05) is 0 Å². The van der Waals surface area contributed by atoms with Gasteiger partial charge in [-0.05, 0) is 0 Å². The summed E-state index contributed by atoms with van der Waals surface area (Å²) < 4.78 is 10.1. The molecule has 0 aromatic carbocycles. The van der Waals surface area contributed by atoms with Crippen molar-refractivity contribution in [3.8, 4) is 0 Å². The Balaban J connectivity index is 1.74. The maximum atomic E-state index is 11.6. The van der Waals surface area contributed by atoms with Gasteiger partial charge < -0.3 is 25.8 Å². The molecule has 2 rings (SSSR count). The Kier molecular flexibility index (Phi) is 4.48. The number of guanidine groups is 1. The lowest BCUT2D eigenvalue weighted by Crippen LogP contribution is -2.54. The van der Waals surface area contributed by atoms with Crippen LogP contribution in [0.1, 0.15) is 0 Å². The van der Waals surface area contributed by atoms with Gasteiger partial charge in [0.05, 0.1) is 19.5 Å². The molecule has 2 aliphatic heterocycles. The van der Waals surface area contributed by atoms with Crippen molar-refractivity contribution in [2.24, 2.45) is 21.5 Å². The zero-order chi connectivity index (χ0) is 14.5. The zero-order valence-electron chi connectivity index (χ0n) is 10.7. The fourth-order valence-corrected chi connectivity index (χ4v) is 1.76. The minimum absolute atomic E-state index is 0.0589. The molecule has 5 N–H and O–H groups in total. The summed E-state index contributed by atoms with van der Waals surface area (Å²) in [5.74, 6) is -0.723. The van der Waals surface area contributed by atoms with Crippen LogP contribution in [0, 0.1) is 0 Å². The summed E-state index contributed by atoms with van der Waals surface area (Å²) >= 11 is 0. The molecular formula is C10H16N6O4. The zero-order valence-corrected chi connectivity index (χ0v) is 10.7. The Labute approximate surface area is 114 Å². The van der Waals surface area contributed by atoms with Crippen LogP contribution in [0.2, 0.25) is 0 Å². The first-order chi connectivity index (χ1) is 9.61. The van der Waals surface area contributed by atoms with E-state index in [2.05, 4.69) is 15.3 Å². The summed E-state index contributed by atoms with van der Waals surface area (Å²) in [7, 11) is 0. The van der Waals surface area contributed by atoms with Crippen LogP contribution in [-0.2, 0) is 19.1 Å². The van der Waals surface area contributed by atoms with Gasteiger partial charge in [0.25, 0.3) is 5.91 Å². The minimum Gasteiger partial charge on any atom is -0.462 e. The first kappa shape index (κ1) is 14.2. The third kappa shape index (κ3) is 3.22. The normalized spacial score (nSPS) is 24.1. The van der Waals surface area contributed by atoms with E-state index < -0.39 is 18.2 Å². The number of hydrogen-bond acceptors (Lipinski definition) is 9. The molecule has 0 saturated carbocycles. The number of esters is 1. The Morgan fingerprint density at radius 1 is 1.50 bits per heavy atom.